The molecular formula is C14H13N3O2S2. The van der Waals surface area contributed by atoms with Gasteiger partial charge < -0.3 is 5.11 Å². The predicted molar refractivity (Wildman–Crippen MR) is 83.9 cm³/mol. The van der Waals surface area contributed by atoms with Gasteiger partial charge in [-0.05, 0) is 12.5 Å². The fourth-order valence-corrected chi connectivity index (χ4v) is 3.64. The molecule has 0 aromatic carbocycles. The zero-order valence-corrected chi connectivity index (χ0v) is 12.9. The van der Waals surface area contributed by atoms with Crippen LogP contribution in [0.1, 0.15) is 23.7 Å². The summed E-state index contributed by atoms with van der Waals surface area (Å²) in [4.78, 5) is 16.4. The smallest absolute Gasteiger partial charge is 0.336 e. The van der Waals surface area contributed by atoms with Crippen molar-refractivity contribution in [1.29, 1.82) is 0 Å². The first-order chi connectivity index (χ1) is 10.2. The van der Waals surface area contributed by atoms with Gasteiger partial charge in [-0.3, -0.25) is 4.68 Å². The third kappa shape index (κ3) is 2.88. The van der Waals surface area contributed by atoms with Gasteiger partial charge in [-0.25, -0.2) is 9.78 Å². The summed E-state index contributed by atoms with van der Waals surface area (Å²) in [5.41, 5.74) is 2.12. The summed E-state index contributed by atoms with van der Waals surface area (Å²) in [5, 5.41) is 17.7. The number of aromatic carboxylic acids is 1. The molecule has 0 saturated carbocycles. The first kappa shape index (κ1) is 14.0. The van der Waals surface area contributed by atoms with Crippen molar-refractivity contribution in [2.75, 3.05) is 0 Å². The molecule has 3 aromatic heterocycles. The number of hydrogen-bond acceptors (Lipinski definition) is 5. The van der Waals surface area contributed by atoms with Crippen molar-refractivity contribution in [1.82, 2.24) is 14.8 Å². The third-order valence-corrected chi connectivity index (χ3v) is 4.78. The summed E-state index contributed by atoms with van der Waals surface area (Å²) >= 11 is 2.94. The van der Waals surface area contributed by atoms with Crippen LogP contribution in [0.3, 0.4) is 0 Å². The topological polar surface area (TPSA) is 68.0 Å². The van der Waals surface area contributed by atoms with E-state index in [1.54, 1.807) is 22.8 Å². The normalized spacial score (nSPS) is 10.9. The molecule has 0 aliphatic carbocycles. The number of thiazole rings is 1. The average molecular weight is 319 g/mol. The summed E-state index contributed by atoms with van der Waals surface area (Å²) < 4.78 is 1.91. The molecule has 0 aliphatic heterocycles. The molecule has 0 fully saturated rings. The zero-order valence-electron chi connectivity index (χ0n) is 11.3. The van der Waals surface area contributed by atoms with Crippen LogP contribution in [-0.2, 0) is 6.54 Å². The van der Waals surface area contributed by atoms with Crippen LogP contribution in [0.15, 0.2) is 29.2 Å². The Labute approximate surface area is 129 Å². The van der Waals surface area contributed by atoms with Crippen molar-refractivity contribution < 1.29 is 9.90 Å². The van der Waals surface area contributed by atoms with E-state index >= 15 is 0 Å². The number of carboxylic acid groups (broad SMARTS) is 1. The molecule has 1 N–H and O–H groups in total. The Morgan fingerprint density at radius 3 is 2.95 bits per heavy atom. The van der Waals surface area contributed by atoms with Gasteiger partial charge in [-0.2, -0.15) is 5.10 Å². The maximum atomic E-state index is 10.9. The van der Waals surface area contributed by atoms with Crippen molar-refractivity contribution in [2.45, 2.75) is 19.9 Å². The lowest BCUT2D eigenvalue weighted by Gasteiger charge is -1.94. The maximum absolute atomic E-state index is 10.9. The Morgan fingerprint density at radius 2 is 2.24 bits per heavy atom. The Bertz CT molecular complexity index is 773. The summed E-state index contributed by atoms with van der Waals surface area (Å²) in [6, 6.07) is 1.66. The summed E-state index contributed by atoms with van der Waals surface area (Å²) in [7, 11) is 0. The molecule has 0 bridgehead atoms. The van der Waals surface area contributed by atoms with Crippen molar-refractivity contribution in [3.8, 4) is 21.1 Å². The summed E-state index contributed by atoms with van der Waals surface area (Å²) in [5.74, 6) is -0.909. The fourth-order valence-electron chi connectivity index (χ4n) is 1.93. The van der Waals surface area contributed by atoms with Gasteiger partial charge in [-0.1, -0.05) is 6.92 Å². The molecule has 0 amide bonds. The van der Waals surface area contributed by atoms with Gasteiger partial charge in [0.25, 0.3) is 0 Å². The number of nitrogens with zero attached hydrogens (tertiary/aromatic N) is 3. The van der Waals surface area contributed by atoms with Gasteiger partial charge in [0.2, 0.25) is 0 Å². The van der Waals surface area contributed by atoms with Crippen LogP contribution in [0.4, 0.5) is 0 Å². The van der Waals surface area contributed by atoms with E-state index in [9.17, 15) is 4.79 Å². The average Bonchev–Trinajstić information content (AvgIpc) is 3.18. The van der Waals surface area contributed by atoms with Crippen LogP contribution in [0.5, 0.6) is 0 Å². The van der Waals surface area contributed by atoms with Crippen LogP contribution in [-0.4, -0.2) is 25.8 Å². The highest BCUT2D eigenvalue weighted by Crippen LogP contribution is 2.32. The molecule has 108 valence electrons. The second kappa shape index (κ2) is 5.79. The number of hydrogen-bond donors (Lipinski definition) is 1. The van der Waals surface area contributed by atoms with Gasteiger partial charge in [0, 0.05) is 29.1 Å². The number of carbonyl (C=O) groups is 1. The first-order valence-electron chi connectivity index (χ1n) is 6.48. The number of rotatable bonds is 5. The van der Waals surface area contributed by atoms with E-state index in [4.69, 9.17) is 5.11 Å². The standard InChI is InChI=1S/C14H13N3O2S2/c1-2-3-17-6-10(5-15-17)13-16-11(8-21-13)12-4-9(7-20-12)14(18)19/h4-8H,2-3H2,1H3,(H,18,19). The fraction of sp³-hybridized carbons (Fsp3) is 0.214. The number of thiophene rings is 1. The number of carboxylic acids is 1. The van der Waals surface area contributed by atoms with E-state index in [1.807, 2.05) is 22.5 Å². The summed E-state index contributed by atoms with van der Waals surface area (Å²) in [6.07, 6.45) is 4.84. The highest BCUT2D eigenvalue weighted by atomic mass is 32.1. The van der Waals surface area contributed by atoms with E-state index in [-0.39, 0.29) is 0 Å². The second-order valence-electron chi connectivity index (χ2n) is 4.53. The van der Waals surface area contributed by atoms with Crippen molar-refractivity contribution >= 4 is 28.6 Å². The summed E-state index contributed by atoms with van der Waals surface area (Å²) in [6.45, 7) is 3.00. The van der Waals surface area contributed by atoms with Crippen LogP contribution in [0, 0.1) is 0 Å². The molecule has 0 saturated heterocycles. The lowest BCUT2D eigenvalue weighted by atomic mass is 10.3. The van der Waals surface area contributed by atoms with E-state index in [2.05, 4.69) is 17.0 Å². The highest BCUT2D eigenvalue weighted by Gasteiger charge is 2.12. The molecule has 0 unspecified atom stereocenters. The molecular weight excluding hydrogens is 306 g/mol. The molecule has 0 aliphatic rings. The van der Waals surface area contributed by atoms with Gasteiger partial charge >= 0.3 is 5.97 Å². The second-order valence-corrected chi connectivity index (χ2v) is 6.30. The SMILES string of the molecule is CCCn1cc(-c2nc(-c3cc(C(=O)O)cs3)cs2)cn1. The van der Waals surface area contributed by atoms with Crippen molar-refractivity contribution in [3.63, 3.8) is 0 Å². The van der Waals surface area contributed by atoms with Crippen LogP contribution >= 0.6 is 22.7 Å². The zero-order chi connectivity index (χ0) is 14.8. The maximum Gasteiger partial charge on any atom is 0.336 e. The lowest BCUT2D eigenvalue weighted by Crippen LogP contribution is -1.95. The third-order valence-electron chi connectivity index (χ3n) is 2.94. The minimum atomic E-state index is -0.909. The predicted octanol–water partition coefficient (Wildman–Crippen LogP) is 3.84. The van der Waals surface area contributed by atoms with Gasteiger partial charge in [-0.15, -0.1) is 22.7 Å². The van der Waals surface area contributed by atoms with Gasteiger partial charge in [0.15, 0.2) is 0 Å². The van der Waals surface area contributed by atoms with Crippen LogP contribution in [0.2, 0.25) is 0 Å². The molecule has 5 nitrogen and oxygen atoms in total. The van der Waals surface area contributed by atoms with Crippen LogP contribution in [0.25, 0.3) is 21.1 Å². The Morgan fingerprint density at radius 1 is 1.38 bits per heavy atom. The Hall–Kier alpha value is -1.99. The highest BCUT2D eigenvalue weighted by molar-refractivity contribution is 7.15. The number of aromatic nitrogens is 3. The van der Waals surface area contributed by atoms with Crippen molar-refractivity contribution in [3.05, 3.63) is 34.8 Å². The van der Waals surface area contributed by atoms with Crippen LogP contribution < -0.4 is 0 Å². The first-order valence-corrected chi connectivity index (χ1v) is 8.24. The molecule has 3 rings (SSSR count). The van der Waals surface area contributed by atoms with E-state index < -0.39 is 5.97 Å². The van der Waals surface area contributed by atoms with E-state index in [0.717, 1.165) is 34.1 Å². The monoisotopic (exact) mass is 319 g/mol. The van der Waals surface area contributed by atoms with Crippen molar-refractivity contribution in [2.24, 2.45) is 0 Å². The Kier molecular flexibility index (Phi) is 3.85. The molecule has 3 aromatic rings. The molecule has 0 radical (unpaired) electrons. The molecule has 0 atom stereocenters. The molecule has 3 heterocycles. The number of aryl methyl sites for hydroxylation is 1. The van der Waals surface area contributed by atoms with E-state index in [1.165, 1.54) is 11.3 Å². The quantitative estimate of drug-likeness (QED) is 0.775. The minimum Gasteiger partial charge on any atom is -0.478 e. The Balaban J connectivity index is 1.86. The van der Waals surface area contributed by atoms with E-state index in [0.29, 0.717) is 5.56 Å². The molecule has 7 heteroatoms. The van der Waals surface area contributed by atoms with Gasteiger partial charge in [0.05, 0.1) is 22.3 Å². The molecule has 21 heavy (non-hydrogen) atoms. The lowest BCUT2D eigenvalue weighted by molar-refractivity contribution is 0.0697. The molecule has 0 spiro atoms. The minimum absolute atomic E-state index is 0.306. The van der Waals surface area contributed by atoms with Gasteiger partial charge in [0.1, 0.15) is 5.01 Å². The largest absolute Gasteiger partial charge is 0.478 e.